The predicted octanol–water partition coefficient (Wildman–Crippen LogP) is 4.98. The topological polar surface area (TPSA) is 20.3 Å². The highest BCUT2D eigenvalue weighted by Gasteiger charge is 2.19. The van der Waals surface area contributed by atoms with E-state index in [0.717, 1.165) is 10.6 Å². The first kappa shape index (κ1) is 15.6. The molecule has 1 atom stereocenters. The summed E-state index contributed by atoms with van der Waals surface area (Å²) in [7, 11) is 1.83. The molecule has 0 heterocycles. The first-order valence-corrected chi connectivity index (χ1v) is 8.51. The van der Waals surface area contributed by atoms with Gasteiger partial charge in [-0.3, -0.25) is 4.79 Å². The van der Waals surface area contributed by atoms with Crippen molar-refractivity contribution in [3.63, 3.8) is 0 Å². The molecular formula is C20H19NOS. The van der Waals surface area contributed by atoms with Gasteiger partial charge < -0.3 is 4.90 Å². The highest BCUT2D eigenvalue weighted by atomic mass is 32.2. The maximum absolute atomic E-state index is 12.6. The summed E-state index contributed by atoms with van der Waals surface area (Å²) in [5.74, 6) is 0.106. The number of rotatable bonds is 4. The molecule has 3 heteroatoms. The molecule has 23 heavy (non-hydrogen) atoms. The van der Waals surface area contributed by atoms with E-state index in [-0.39, 0.29) is 11.2 Å². The molecule has 0 aliphatic heterocycles. The highest BCUT2D eigenvalue weighted by Crippen LogP contribution is 2.28. The average molecular weight is 321 g/mol. The van der Waals surface area contributed by atoms with Crippen molar-refractivity contribution in [2.75, 3.05) is 11.9 Å². The number of nitrogens with zero attached hydrogens (tertiary/aromatic N) is 1. The van der Waals surface area contributed by atoms with Crippen LogP contribution in [0.2, 0.25) is 0 Å². The molecule has 0 spiro atoms. The fourth-order valence-corrected chi connectivity index (χ4v) is 3.56. The van der Waals surface area contributed by atoms with Crippen LogP contribution in [0.25, 0.3) is 10.8 Å². The van der Waals surface area contributed by atoms with Crippen molar-refractivity contribution in [1.29, 1.82) is 0 Å². The van der Waals surface area contributed by atoms with E-state index in [2.05, 4.69) is 30.3 Å². The summed E-state index contributed by atoms with van der Waals surface area (Å²) in [6, 6.07) is 24.3. The van der Waals surface area contributed by atoms with Crippen molar-refractivity contribution >= 4 is 34.1 Å². The number of carbonyl (C=O) groups excluding carboxylic acids is 1. The second-order valence-electron chi connectivity index (χ2n) is 5.50. The van der Waals surface area contributed by atoms with Gasteiger partial charge in [-0.1, -0.05) is 48.5 Å². The Morgan fingerprint density at radius 3 is 2.30 bits per heavy atom. The third-order valence-electron chi connectivity index (χ3n) is 3.86. The lowest BCUT2D eigenvalue weighted by atomic mass is 10.1. The molecule has 0 aromatic heterocycles. The standard InChI is InChI=1S/C20H19NOS/c1-15(20(22)21(2)18-10-4-3-5-11-18)23-19-13-12-16-8-6-7-9-17(16)14-19/h3-15H,1-2H3. The first-order chi connectivity index (χ1) is 11.1. The molecular weight excluding hydrogens is 302 g/mol. The summed E-state index contributed by atoms with van der Waals surface area (Å²) in [6.07, 6.45) is 0. The van der Waals surface area contributed by atoms with Gasteiger partial charge in [0.05, 0.1) is 5.25 Å². The molecule has 1 unspecified atom stereocenters. The van der Waals surface area contributed by atoms with Gasteiger partial charge >= 0.3 is 0 Å². The first-order valence-electron chi connectivity index (χ1n) is 7.63. The van der Waals surface area contributed by atoms with Crippen LogP contribution in [-0.2, 0) is 4.79 Å². The third kappa shape index (κ3) is 3.57. The minimum Gasteiger partial charge on any atom is -0.315 e. The van der Waals surface area contributed by atoms with Gasteiger partial charge in [0.1, 0.15) is 0 Å². The lowest BCUT2D eigenvalue weighted by Gasteiger charge is -2.21. The van der Waals surface area contributed by atoms with Crippen LogP contribution in [0.1, 0.15) is 6.92 Å². The summed E-state index contributed by atoms with van der Waals surface area (Å²) < 4.78 is 0. The van der Waals surface area contributed by atoms with E-state index in [1.54, 1.807) is 16.7 Å². The van der Waals surface area contributed by atoms with Gasteiger partial charge in [-0.15, -0.1) is 11.8 Å². The number of carbonyl (C=O) groups is 1. The number of hydrogen-bond donors (Lipinski definition) is 0. The normalized spacial score (nSPS) is 12.1. The van der Waals surface area contributed by atoms with E-state index >= 15 is 0 Å². The van der Waals surface area contributed by atoms with Gasteiger partial charge in [-0.2, -0.15) is 0 Å². The zero-order valence-corrected chi connectivity index (χ0v) is 14.1. The van der Waals surface area contributed by atoms with Gasteiger partial charge in [-0.25, -0.2) is 0 Å². The number of para-hydroxylation sites is 1. The summed E-state index contributed by atoms with van der Waals surface area (Å²) in [4.78, 5) is 15.5. The highest BCUT2D eigenvalue weighted by molar-refractivity contribution is 8.00. The zero-order chi connectivity index (χ0) is 16.2. The van der Waals surface area contributed by atoms with Gasteiger partial charge in [0.15, 0.2) is 0 Å². The number of fused-ring (bicyclic) bond motifs is 1. The van der Waals surface area contributed by atoms with Crippen molar-refractivity contribution in [1.82, 2.24) is 0 Å². The summed E-state index contributed by atoms with van der Waals surface area (Å²) in [6.45, 7) is 1.96. The molecule has 3 aromatic carbocycles. The average Bonchev–Trinajstić information content (AvgIpc) is 2.61. The SMILES string of the molecule is CC(Sc1ccc2ccccc2c1)C(=O)N(C)c1ccccc1. The molecule has 0 fully saturated rings. The van der Waals surface area contributed by atoms with Crippen molar-refractivity contribution in [3.05, 3.63) is 72.8 Å². The minimum atomic E-state index is -0.138. The quantitative estimate of drug-likeness (QED) is 0.631. The van der Waals surface area contributed by atoms with Crippen LogP contribution >= 0.6 is 11.8 Å². The molecule has 0 N–H and O–H groups in total. The van der Waals surface area contributed by atoms with E-state index in [4.69, 9.17) is 0 Å². The molecule has 0 aliphatic carbocycles. The Balaban J connectivity index is 1.74. The Morgan fingerprint density at radius 1 is 0.913 bits per heavy atom. The Morgan fingerprint density at radius 2 is 1.57 bits per heavy atom. The van der Waals surface area contributed by atoms with Crippen LogP contribution in [-0.4, -0.2) is 18.2 Å². The van der Waals surface area contributed by atoms with E-state index in [1.807, 2.05) is 56.4 Å². The Hall–Kier alpha value is -2.26. The summed E-state index contributed by atoms with van der Waals surface area (Å²) in [5.41, 5.74) is 0.920. The molecule has 1 amide bonds. The number of benzene rings is 3. The van der Waals surface area contributed by atoms with E-state index in [0.29, 0.717) is 0 Å². The fraction of sp³-hybridized carbons (Fsp3) is 0.150. The van der Waals surface area contributed by atoms with E-state index < -0.39 is 0 Å². The molecule has 0 bridgehead atoms. The molecule has 3 rings (SSSR count). The smallest absolute Gasteiger partial charge is 0.239 e. The maximum atomic E-state index is 12.6. The van der Waals surface area contributed by atoms with E-state index in [9.17, 15) is 4.79 Å². The van der Waals surface area contributed by atoms with E-state index in [1.165, 1.54) is 10.8 Å². The van der Waals surface area contributed by atoms with Crippen molar-refractivity contribution in [2.45, 2.75) is 17.1 Å². The molecule has 0 saturated heterocycles. The Kier molecular flexibility index (Phi) is 4.68. The predicted molar refractivity (Wildman–Crippen MR) is 99.1 cm³/mol. The van der Waals surface area contributed by atoms with Gasteiger partial charge in [-0.05, 0) is 42.0 Å². The Bertz CT molecular complexity index is 816. The largest absolute Gasteiger partial charge is 0.315 e. The molecule has 0 aliphatic rings. The lowest BCUT2D eigenvalue weighted by molar-refractivity contribution is -0.117. The third-order valence-corrected chi connectivity index (χ3v) is 4.94. The molecule has 0 saturated carbocycles. The molecule has 3 aromatic rings. The molecule has 116 valence electrons. The Labute approximate surface area is 141 Å². The van der Waals surface area contributed by atoms with Gasteiger partial charge in [0.2, 0.25) is 5.91 Å². The molecule has 2 nitrogen and oxygen atoms in total. The van der Waals surface area contributed by atoms with Crippen LogP contribution in [0.5, 0.6) is 0 Å². The van der Waals surface area contributed by atoms with Crippen molar-refractivity contribution < 1.29 is 4.79 Å². The van der Waals surface area contributed by atoms with Crippen LogP contribution in [0.15, 0.2) is 77.7 Å². The maximum Gasteiger partial charge on any atom is 0.239 e. The number of thioether (sulfide) groups is 1. The monoisotopic (exact) mass is 321 g/mol. The minimum absolute atomic E-state index is 0.106. The van der Waals surface area contributed by atoms with Gasteiger partial charge in [0, 0.05) is 17.6 Å². The number of amides is 1. The number of hydrogen-bond acceptors (Lipinski definition) is 2. The molecule has 0 radical (unpaired) electrons. The second kappa shape index (κ2) is 6.88. The summed E-state index contributed by atoms with van der Waals surface area (Å²) in [5, 5.41) is 2.28. The fourth-order valence-electron chi connectivity index (χ4n) is 2.55. The van der Waals surface area contributed by atoms with Gasteiger partial charge in [0.25, 0.3) is 0 Å². The number of anilines is 1. The van der Waals surface area contributed by atoms with Crippen LogP contribution in [0, 0.1) is 0 Å². The van der Waals surface area contributed by atoms with Crippen LogP contribution in [0.3, 0.4) is 0 Å². The lowest BCUT2D eigenvalue weighted by Crippen LogP contribution is -2.33. The second-order valence-corrected chi connectivity index (χ2v) is 6.92. The zero-order valence-electron chi connectivity index (χ0n) is 13.3. The summed E-state index contributed by atoms with van der Waals surface area (Å²) >= 11 is 1.60. The van der Waals surface area contributed by atoms with Crippen molar-refractivity contribution in [2.24, 2.45) is 0 Å². The van der Waals surface area contributed by atoms with Crippen LogP contribution < -0.4 is 4.90 Å². The van der Waals surface area contributed by atoms with Crippen LogP contribution in [0.4, 0.5) is 5.69 Å². The van der Waals surface area contributed by atoms with Crippen molar-refractivity contribution in [3.8, 4) is 0 Å².